The summed E-state index contributed by atoms with van der Waals surface area (Å²) in [6.07, 6.45) is -2.21. The number of nitriles is 1. The first-order valence-corrected chi connectivity index (χ1v) is 5.83. The fraction of sp³-hybridized carbons (Fsp3) is 0.462. The van der Waals surface area contributed by atoms with Crippen LogP contribution in [-0.2, 0) is 6.18 Å². The van der Waals surface area contributed by atoms with Gasteiger partial charge in [0, 0.05) is 11.8 Å². The van der Waals surface area contributed by atoms with Crippen LogP contribution in [0.2, 0.25) is 0 Å². The van der Waals surface area contributed by atoms with E-state index in [1.54, 1.807) is 0 Å². The highest BCUT2D eigenvalue weighted by atomic mass is 19.4. The lowest BCUT2D eigenvalue weighted by atomic mass is 10.1. The maximum Gasteiger partial charge on any atom is 0.416 e. The van der Waals surface area contributed by atoms with E-state index in [4.69, 9.17) is 15.7 Å². The van der Waals surface area contributed by atoms with E-state index >= 15 is 0 Å². The zero-order chi connectivity index (χ0) is 14.1. The Morgan fingerprint density at radius 3 is 2.53 bits per heavy atom. The Hall–Kier alpha value is -1.90. The summed E-state index contributed by atoms with van der Waals surface area (Å²) < 4.78 is 42.8. The Kier molecular flexibility index (Phi) is 3.31. The van der Waals surface area contributed by atoms with Crippen LogP contribution in [0.4, 0.5) is 18.9 Å². The van der Waals surface area contributed by atoms with Gasteiger partial charge in [-0.25, -0.2) is 0 Å². The molecule has 0 unspecified atom stereocenters. The SMILES string of the molecule is N#CCC1(COc2ccc(C(F)(F)F)cc2N)CC1. The molecule has 1 saturated carbocycles. The second-order valence-corrected chi connectivity index (χ2v) is 4.87. The number of benzene rings is 1. The zero-order valence-electron chi connectivity index (χ0n) is 10.1. The molecule has 102 valence electrons. The van der Waals surface area contributed by atoms with Crippen LogP contribution in [0.15, 0.2) is 18.2 Å². The van der Waals surface area contributed by atoms with E-state index in [2.05, 4.69) is 6.07 Å². The second-order valence-electron chi connectivity index (χ2n) is 4.87. The molecule has 0 atom stereocenters. The van der Waals surface area contributed by atoms with Crippen LogP contribution in [0.3, 0.4) is 0 Å². The quantitative estimate of drug-likeness (QED) is 0.853. The van der Waals surface area contributed by atoms with Crippen molar-refractivity contribution in [1.82, 2.24) is 0 Å². The molecule has 0 saturated heterocycles. The largest absolute Gasteiger partial charge is 0.491 e. The van der Waals surface area contributed by atoms with Crippen molar-refractivity contribution < 1.29 is 17.9 Å². The summed E-state index contributed by atoms with van der Waals surface area (Å²) in [6.45, 7) is 0.316. The van der Waals surface area contributed by atoms with Gasteiger partial charge in [0.1, 0.15) is 5.75 Å². The van der Waals surface area contributed by atoms with Crippen molar-refractivity contribution in [3.8, 4) is 11.8 Å². The molecular weight excluding hydrogens is 257 g/mol. The summed E-state index contributed by atoms with van der Waals surface area (Å²) in [5.41, 5.74) is 4.58. The molecule has 1 aromatic carbocycles. The summed E-state index contributed by atoms with van der Waals surface area (Å²) >= 11 is 0. The highest BCUT2D eigenvalue weighted by molar-refractivity contribution is 5.54. The van der Waals surface area contributed by atoms with Crippen molar-refractivity contribution in [2.75, 3.05) is 12.3 Å². The Bertz CT molecular complexity index is 516. The Morgan fingerprint density at radius 1 is 1.37 bits per heavy atom. The predicted octanol–water partition coefficient (Wildman–Crippen LogP) is 3.36. The van der Waals surface area contributed by atoms with E-state index in [1.807, 2.05) is 0 Å². The Morgan fingerprint density at radius 2 is 2.05 bits per heavy atom. The molecular formula is C13H13F3N2O. The van der Waals surface area contributed by atoms with Gasteiger partial charge in [-0.1, -0.05) is 0 Å². The van der Waals surface area contributed by atoms with Crippen molar-refractivity contribution in [2.24, 2.45) is 5.41 Å². The van der Waals surface area contributed by atoms with Gasteiger partial charge in [-0.3, -0.25) is 0 Å². The summed E-state index contributed by atoms with van der Waals surface area (Å²) in [5, 5.41) is 8.66. The first-order valence-electron chi connectivity index (χ1n) is 5.83. The number of alkyl halides is 3. The van der Waals surface area contributed by atoms with Crippen LogP contribution >= 0.6 is 0 Å². The maximum atomic E-state index is 12.5. The fourth-order valence-electron chi connectivity index (χ4n) is 1.80. The topological polar surface area (TPSA) is 59.0 Å². The van der Waals surface area contributed by atoms with Crippen LogP contribution in [0.1, 0.15) is 24.8 Å². The molecule has 0 spiro atoms. The number of nitrogen functional groups attached to an aromatic ring is 1. The normalized spacial score (nSPS) is 16.7. The van der Waals surface area contributed by atoms with Crippen LogP contribution < -0.4 is 10.5 Å². The first-order chi connectivity index (χ1) is 8.86. The maximum absolute atomic E-state index is 12.5. The molecule has 6 heteroatoms. The van der Waals surface area contributed by atoms with Crippen LogP contribution in [0.25, 0.3) is 0 Å². The molecule has 0 aliphatic heterocycles. The fourth-order valence-corrected chi connectivity index (χ4v) is 1.80. The molecule has 0 bridgehead atoms. The van der Waals surface area contributed by atoms with E-state index in [9.17, 15) is 13.2 Å². The second kappa shape index (κ2) is 4.65. The number of ether oxygens (including phenoxy) is 1. The molecule has 1 aliphatic rings. The molecule has 0 heterocycles. The Balaban J connectivity index is 2.04. The number of halogens is 3. The van der Waals surface area contributed by atoms with Crippen molar-refractivity contribution >= 4 is 5.69 Å². The molecule has 0 amide bonds. The third-order valence-corrected chi connectivity index (χ3v) is 3.28. The lowest BCUT2D eigenvalue weighted by Crippen LogP contribution is -2.13. The van der Waals surface area contributed by atoms with Crippen molar-refractivity contribution in [2.45, 2.75) is 25.4 Å². The molecule has 1 aliphatic carbocycles. The lowest BCUT2D eigenvalue weighted by Gasteiger charge is -2.15. The first kappa shape index (κ1) is 13.5. The van der Waals surface area contributed by atoms with Gasteiger partial charge >= 0.3 is 6.18 Å². The summed E-state index contributed by atoms with van der Waals surface area (Å²) in [6, 6.07) is 5.11. The van der Waals surface area contributed by atoms with Gasteiger partial charge in [0.25, 0.3) is 0 Å². The average Bonchev–Trinajstić information content (AvgIpc) is 3.07. The minimum Gasteiger partial charge on any atom is -0.491 e. The number of rotatable bonds is 4. The zero-order valence-corrected chi connectivity index (χ0v) is 10.1. The third-order valence-electron chi connectivity index (χ3n) is 3.28. The molecule has 0 aromatic heterocycles. The predicted molar refractivity (Wildman–Crippen MR) is 63.2 cm³/mol. The van der Waals surface area contributed by atoms with E-state index in [1.165, 1.54) is 6.07 Å². The number of hydrogen-bond acceptors (Lipinski definition) is 3. The summed E-state index contributed by atoms with van der Waals surface area (Å²) in [4.78, 5) is 0. The molecule has 1 aromatic rings. The highest BCUT2D eigenvalue weighted by Gasteiger charge is 2.43. The molecule has 0 radical (unpaired) electrons. The van der Waals surface area contributed by atoms with Gasteiger partial charge in [0.2, 0.25) is 0 Å². The minimum atomic E-state index is -4.41. The van der Waals surface area contributed by atoms with Gasteiger partial charge in [-0.2, -0.15) is 18.4 Å². The molecule has 2 rings (SSSR count). The van der Waals surface area contributed by atoms with Gasteiger partial charge in [0.15, 0.2) is 0 Å². The monoisotopic (exact) mass is 270 g/mol. The average molecular weight is 270 g/mol. The number of hydrogen-bond donors (Lipinski definition) is 1. The molecule has 1 fully saturated rings. The summed E-state index contributed by atoms with van der Waals surface area (Å²) in [5.74, 6) is 0.234. The molecule has 19 heavy (non-hydrogen) atoms. The van der Waals surface area contributed by atoms with Crippen molar-refractivity contribution in [3.63, 3.8) is 0 Å². The number of nitrogens with zero attached hydrogens (tertiary/aromatic N) is 1. The smallest absolute Gasteiger partial charge is 0.416 e. The van der Waals surface area contributed by atoms with Crippen LogP contribution in [-0.4, -0.2) is 6.61 Å². The standard InChI is InChI=1S/C13H13F3N2O/c14-13(15,16)9-1-2-11(10(18)7-9)19-8-12(3-4-12)5-6-17/h1-2,7H,3-5,8,18H2. The molecule has 3 nitrogen and oxygen atoms in total. The number of nitrogens with two attached hydrogens (primary N) is 1. The van der Waals surface area contributed by atoms with Crippen molar-refractivity contribution in [1.29, 1.82) is 5.26 Å². The Labute approximate surface area is 108 Å². The van der Waals surface area contributed by atoms with E-state index in [0.29, 0.717) is 13.0 Å². The summed E-state index contributed by atoms with van der Waals surface area (Å²) in [7, 11) is 0. The van der Waals surface area contributed by atoms with Gasteiger partial charge in [-0.05, 0) is 31.0 Å². The third kappa shape index (κ3) is 3.11. The molecule has 2 N–H and O–H groups in total. The van der Waals surface area contributed by atoms with Gasteiger partial charge in [0.05, 0.1) is 23.9 Å². The van der Waals surface area contributed by atoms with E-state index < -0.39 is 11.7 Å². The number of anilines is 1. The van der Waals surface area contributed by atoms with Crippen molar-refractivity contribution in [3.05, 3.63) is 23.8 Å². The van der Waals surface area contributed by atoms with Gasteiger partial charge < -0.3 is 10.5 Å². The van der Waals surface area contributed by atoms with Gasteiger partial charge in [-0.15, -0.1) is 0 Å². The lowest BCUT2D eigenvalue weighted by molar-refractivity contribution is -0.137. The van der Waals surface area contributed by atoms with Crippen LogP contribution in [0, 0.1) is 16.7 Å². The minimum absolute atomic E-state index is 0.0393. The highest BCUT2D eigenvalue weighted by Crippen LogP contribution is 2.49. The van der Waals surface area contributed by atoms with E-state index in [0.717, 1.165) is 25.0 Å². The van der Waals surface area contributed by atoms with Crippen LogP contribution in [0.5, 0.6) is 5.75 Å². The van der Waals surface area contributed by atoms with E-state index in [-0.39, 0.29) is 16.9 Å².